The number of aryl methyl sites for hydroxylation is 1. The number of aromatic amines is 1. The summed E-state index contributed by atoms with van der Waals surface area (Å²) in [6.45, 7) is 2.36. The van der Waals surface area contributed by atoms with Crippen molar-refractivity contribution in [3.8, 4) is 0 Å². The Morgan fingerprint density at radius 1 is 1.23 bits per heavy atom. The van der Waals surface area contributed by atoms with E-state index in [9.17, 15) is 9.59 Å². The van der Waals surface area contributed by atoms with Crippen molar-refractivity contribution < 1.29 is 4.79 Å². The van der Waals surface area contributed by atoms with Gasteiger partial charge in [0.15, 0.2) is 0 Å². The molecule has 0 spiro atoms. The number of nitrogens with zero attached hydrogens (tertiary/aromatic N) is 1. The lowest BCUT2D eigenvalue weighted by atomic mass is 10.2. The van der Waals surface area contributed by atoms with Gasteiger partial charge in [0.2, 0.25) is 0 Å². The first kappa shape index (κ1) is 14.1. The fourth-order valence-electron chi connectivity index (χ4n) is 2.33. The molecule has 6 heteroatoms. The van der Waals surface area contributed by atoms with E-state index in [-0.39, 0.29) is 0 Å². The van der Waals surface area contributed by atoms with Crippen LogP contribution >= 0.6 is 0 Å². The summed E-state index contributed by atoms with van der Waals surface area (Å²) in [7, 11) is 0. The van der Waals surface area contributed by atoms with Crippen molar-refractivity contribution in [1.82, 2.24) is 9.55 Å². The van der Waals surface area contributed by atoms with Crippen LogP contribution in [-0.2, 0) is 6.54 Å². The largest absolute Gasteiger partial charge is 0.334 e. The van der Waals surface area contributed by atoms with E-state index in [0.717, 1.165) is 15.7 Å². The van der Waals surface area contributed by atoms with E-state index in [0.29, 0.717) is 23.3 Å². The molecule has 0 aliphatic heterocycles. The molecular formula is C16H16N4O2. The Hall–Kier alpha value is -2.86. The Morgan fingerprint density at radius 3 is 2.64 bits per heavy atom. The highest BCUT2D eigenvalue weighted by atomic mass is 16.2. The second-order valence-corrected chi connectivity index (χ2v) is 5.12. The molecule has 1 amide bonds. The normalized spacial score (nSPS) is 10.8. The van der Waals surface area contributed by atoms with Crippen LogP contribution in [0.3, 0.4) is 0 Å². The number of carbonyl (C=O) groups is 1. The SMILES string of the molecule is Cc1ccc2c(c1)[nH]c(=O)n2C(=O)Nc1ccc(CN)cc1. The maximum Gasteiger partial charge on any atom is 0.334 e. The number of hydrogen-bond donors (Lipinski definition) is 3. The third-order valence-corrected chi connectivity index (χ3v) is 3.48. The average Bonchev–Trinajstić information content (AvgIpc) is 2.83. The van der Waals surface area contributed by atoms with Crippen LogP contribution in [0.15, 0.2) is 47.3 Å². The first-order valence-electron chi connectivity index (χ1n) is 6.90. The lowest BCUT2D eigenvalue weighted by Gasteiger charge is -2.06. The molecule has 0 saturated heterocycles. The average molecular weight is 296 g/mol. The molecule has 112 valence electrons. The number of anilines is 1. The molecule has 2 aromatic carbocycles. The summed E-state index contributed by atoms with van der Waals surface area (Å²) in [5.41, 5.74) is 8.85. The number of hydrogen-bond acceptors (Lipinski definition) is 3. The molecule has 4 N–H and O–H groups in total. The molecule has 6 nitrogen and oxygen atoms in total. The van der Waals surface area contributed by atoms with Crippen LogP contribution in [0.2, 0.25) is 0 Å². The van der Waals surface area contributed by atoms with Crippen molar-refractivity contribution in [3.05, 3.63) is 64.1 Å². The van der Waals surface area contributed by atoms with Gasteiger partial charge in [0.05, 0.1) is 11.0 Å². The number of aromatic nitrogens is 2. The number of nitrogens with two attached hydrogens (primary N) is 1. The molecule has 22 heavy (non-hydrogen) atoms. The van der Waals surface area contributed by atoms with Crippen LogP contribution in [0.4, 0.5) is 10.5 Å². The molecule has 1 heterocycles. The second-order valence-electron chi connectivity index (χ2n) is 5.12. The maximum atomic E-state index is 12.4. The van der Waals surface area contributed by atoms with Crippen molar-refractivity contribution in [2.45, 2.75) is 13.5 Å². The van der Waals surface area contributed by atoms with Gasteiger partial charge in [0.1, 0.15) is 0 Å². The minimum atomic E-state index is -0.499. The summed E-state index contributed by atoms with van der Waals surface area (Å²) in [6, 6.07) is 12.1. The van der Waals surface area contributed by atoms with Crippen molar-refractivity contribution in [1.29, 1.82) is 0 Å². The number of amides is 1. The Balaban J connectivity index is 1.94. The molecule has 0 bridgehead atoms. The molecular weight excluding hydrogens is 280 g/mol. The highest BCUT2D eigenvalue weighted by Crippen LogP contribution is 2.14. The van der Waals surface area contributed by atoms with Gasteiger partial charge < -0.3 is 16.0 Å². The number of H-pyrrole nitrogens is 1. The highest BCUT2D eigenvalue weighted by molar-refractivity contribution is 5.97. The number of fused-ring (bicyclic) bond motifs is 1. The van der Waals surface area contributed by atoms with Gasteiger partial charge in [-0.05, 0) is 42.3 Å². The summed E-state index contributed by atoms with van der Waals surface area (Å²) in [5.74, 6) is 0. The number of imidazole rings is 1. The van der Waals surface area contributed by atoms with Crippen molar-refractivity contribution in [2.24, 2.45) is 5.73 Å². The van der Waals surface area contributed by atoms with Crippen molar-refractivity contribution in [2.75, 3.05) is 5.32 Å². The van der Waals surface area contributed by atoms with Crippen LogP contribution in [0.25, 0.3) is 11.0 Å². The Kier molecular flexibility index (Phi) is 3.52. The predicted octanol–water partition coefficient (Wildman–Crippen LogP) is 2.18. The first-order valence-corrected chi connectivity index (χ1v) is 6.90. The van der Waals surface area contributed by atoms with Crippen LogP contribution in [0, 0.1) is 6.92 Å². The van der Waals surface area contributed by atoms with Gasteiger partial charge in [-0.2, -0.15) is 0 Å². The molecule has 0 aliphatic carbocycles. The summed E-state index contributed by atoms with van der Waals surface area (Å²) in [5, 5.41) is 2.71. The highest BCUT2D eigenvalue weighted by Gasteiger charge is 2.14. The van der Waals surface area contributed by atoms with E-state index < -0.39 is 11.7 Å². The zero-order chi connectivity index (χ0) is 15.7. The fraction of sp³-hybridized carbons (Fsp3) is 0.125. The van der Waals surface area contributed by atoms with E-state index >= 15 is 0 Å². The molecule has 0 aliphatic rings. The van der Waals surface area contributed by atoms with E-state index in [1.807, 2.05) is 31.2 Å². The van der Waals surface area contributed by atoms with Gasteiger partial charge >= 0.3 is 11.7 Å². The van der Waals surface area contributed by atoms with E-state index in [1.165, 1.54) is 0 Å². The second kappa shape index (κ2) is 5.50. The smallest absolute Gasteiger partial charge is 0.326 e. The minimum absolute atomic E-state index is 0.440. The van der Waals surface area contributed by atoms with E-state index in [2.05, 4.69) is 10.3 Å². The van der Waals surface area contributed by atoms with Crippen molar-refractivity contribution in [3.63, 3.8) is 0 Å². The lowest BCUT2D eigenvalue weighted by Crippen LogP contribution is -2.29. The van der Waals surface area contributed by atoms with E-state index in [4.69, 9.17) is 5.73 Å². The molecule has 1 aromatic heterocycles. The summed E-state index contributed by atoms with van der Waals surface area (Å²) < 4.78 is 1.09. The third kappa shape index (κ3) is 2.51. The monoisotopic (exact) mass is 296 g/mol. The maximum absolute atomic E-state index is 12.4. The Bertz CT molecular complexity index is 891. The zero-order valence-corrected chi connectivity index (χ0v) is 12.1. The number of carbonyl (C=O) groups excluding carboxylic acids is 1. The summed E-state index contributed by atoms with van der Waals surface area (Å²) in [4.78, 5) is 27.1. The quantitative estimate of drug-likeness (QED) is 0.676. The minimum Gasteiger partial charge on any atom is -0.326 e. The fourth-order valence-corrected chi connectivity index (χ4v) is 2.33. The molecule has 0 unspecified atom stereocenters. The molecule has 3 rings (SSSR count). The Morgan fingerprint density at radius 2 is 1.95 bits per heavy atom. The molecule has 0 radical (unpaired) electrons. The van der Waals surface area contributed by atoms with Gasteiger partial charge in [0, 0.05) is 12.2 Å². The van der Waals surface area contributed by atoms with Gasteiger partial charge in [-0.3, -0.25) is 0 Å². The van der Waals surface area contributed by atoms with Crippen molar-refractivity contribution >= 4 is 22.8 Å². The topological polar surface area (TPSA) is 92.9 Å². The molecule has 3 aromatic rings. The standard InChI is InChI=1S/C16H16N4O2/c1-10-2-7-14-13(8-10)19-16(22)20(14)15(21)18-12-5-3-11(9-17)4-6-12/h2-8H,9,17H2,1H3,(H,18,21)(H,19,22). The number of nitrogens with one attached hydrogen (secondary N) is 2. The Labute approximate surface area is 126 Å². The lowest BCUT2D eigenvalue weighted by molar-refractivity contribution is 0.253. The van der Waals surface area contributed by atoms with Crippen LogP contribution in [-0.4, -0.2) is 15.6 Å². The van der Waals surface area contributed by atoms with Gasteiger partial charge in [-0.15, -0.1) is 0 Å². The van der Waals surface area contributed by atoms with Crippen LogP contribution in [0.5, 0.6) is 0 Å². The molecule has 0 atom stereocenters. The number of benzene rings is 2. The van der Waals surface area contributed by atoms with Gasteiger partial charge in [-0.25, -0.2) is 14.2 Å². The van der Waals surface area contributed by atoms with Gasteiger partial charge in [0.25, 0.3) is 0 Å². The van der Waals surface area contributed by atoms with Gasteiger partial charge in [-0.1, -0.05) is 18.2 Å². The first-order chi connectivity index (χ1) is 10.6. The van der Waals surface area contributed by atoms with E-state index in [1.54, 1.807) is 18.2 Å². The third-order valence-electron chi connectivity index (χ3n) is 3.48. The zero-order valence-electron chi connectivity index (χ0n) is 12.1. The van der Waals surface area contributed by atoms with Crippen LogP contribution in [0.1, 0.15) is 11.1 Å². The summed E-state index contributed by atoms with van der Waals surface area (Å²) in [6.07, 6.45) is 0. The molecule has 0 fully saturated rings. The predicted molar refractivity (Wildman–Crippen MR) is 86.0 cm³/mol. The molecule has 0 saturated carbocycles. The van der Waals surface area contributed by atoms with Crippen LogP contribution < -0.4 is 16.7 Å². The summed E-state index contributed by atoms with van der Waals surface area (Å²) >= 11 is 0. The number of rotatable bonds is 2.